The maximum Gasteiger partial charge on any atom is 0.258 e. The number of imidazole rings is 1. The number of aryl methyl sites for hydroxylation is 1. The van der Waals surface area contributed by atoms with E-state index in [1.807, 2.05) is 36.7 Å². The third kappa shape index (κ3) is 3.04. The van der Waals surface area contributed by atoms with E-state index in [-0.39, 0.29) is 0 Å². The molecule has 0 fully saturated rings. The lowest BCUT2D eigenvalue weighted by Gasteiger charge is -2.16. The summed E-state index contributed by atoms with van der Waals surface area (Å²) in [5.41, 5.74) is 5.01. The summed E-state index contributed by atoms with van der Waals surface area (Å²) in [6.07, 6.45) is 4.52. The highest BCUT2D eigenvalue weighted by Crippen LogP contribution is 2.39. The van der Waals surface area contributed by atoms with Crippen LogP contribution in [0.25, 0.3) is 28.5 Å². The van der Waals surface area contributed by atoms with E-state index < -0.39 is 5.60 Å². The lowest BCUT2D eigenvalue weighted by molar-refractivity contribution is -0.00786. The van der Waals surface area contributed by atoms with Crippen molar-refractivity contribution >= 4 is 0 Å². The number of aromatic nitrogens is 6. The van der Waals surface area contributed by atoms with E-state index in [1.54, 1.807) is 20.5 Å². The quantitative estimate of drug-likeness (QED) is 0.429. The van der Waals surface area contributed by atoms with E-state index >= 15 is 0 Å². The first-order valence-electron chi connectivity index (χ1n) is 10.2. The van der Waals surface area contributed by atoms with E-state index in [0.29, 0.717) is 23.8 Å². The Morgan fingerprint density at radius 3 is 2.77 bits per heavy atom. The Hall–Kier alpha value is -3.46. The number of benzene rings is 1. The van der Waals surface area contributed by atoms with Gasteiger partial charge < -0.3 is 18.6 Å². The Bertz CT molecular complexity index is 1270. The van der Waals surface area contributed by atoms with Gasteiger partial charge in [0, 0.05) is 37.4 Å². The van der Waals surface area contributed by atoms with Crippen LogP contribution in [0.5, 0.6) is 5.75 Å². The molecule has 1 aromatic carbocycles. The van der Waals surface area contributed by atoms with Gasteiger partial charge in [-0.1, -0.05) is 5.16 Å². The highest BCUT2D eigenvalue weighted by molar-refractivity contribution is 5.77. The molecule has 160 valence electrons. The fraction of sp³-hybridized carbons (Fsp3) is 0.364. The molecule has 5 rings (SSSR count). The summed E-state index contributed by atoms with van der Waals surface area (Å²) in [7, 11) is 3.28. The lowest BCUT2D eigenvalue weighted by atomic mass is 10.0. The number of hydrogen-bond acceptors (Lipinski definition) is 7. The molecule has 1 aliphatic heterocycles. The smallest absolute Gasteiger partial charge is 0.258 e. The average molecular weight is 420 g/mol. The van der Waals surface area contributed by atoms with Crippen molar-refractivity contribution in [1.82, 2.24) is 29.5 Å². The molecule has 0 saturated carbocycles. The monoisotopic (exact) mass is 420 g/mol. The second kappa shape index (κ2) is 7.05. The summed E-state index contributed by atoms with van der Waals surface area (Å²) in [6.45, 7) is 6.63. The van der Waals surface area contributed by atoms with Crippen LogP contribution in [0, 0.1) is 0 Å². The lowest BCUT2D eigenvalue weighted by Crippen LogP contribution is -2.19. The number of methoxy groups -OCH3 is 2. The number of ether oxygens (including phenoxy) is 2. The molecule has 9 nitrogen and oxygen atoms in total. The van der Waals surface area contributed by atoms with Crippen LogP contribution in [-0.2, 0) is 23.3 Å². The van der Waals surface area contributed by atoms with Gasteiger partial charge in [-0.2, -0.15) is 10.1 Å². The van der Waals surface area contributed by atoms with E-state index in [0.717, 1.165) is 40.5 Å². The molecule has 3 aromatic heterocycles. The summed E-state index contributed by atoms with van der Waals surface area (Å²) >= 11 is 0. The third-order valence-electron chi connectivity index (χ3n) is 5.77. The Kier molecular flexibility index (Phi) is 4.44. The molecular formula is C22H24N6O3. The average Bonchev–Trinajstić information content (AvgIpc) is 3.50. The molecule has 0 bridgehead atoms. The Labute approximate surface area is 179 Å². The van der Waals surface area contributed by atoms with Gasteiger partial charge in [-0.25, -0.2) is 4.98 Å². The first-order valence-corrected chi connectivity index (χ1v) is 10.2. The van der Waals surface area contributed by atoms with Crippen molar-refractivity contribution in [2.45, 2.75) is 39.3 Å². The second-order valence-corrected chi connectivity index (χ2v) is 7.97. The van der Waals surface area contributed by atoms with Gasteiger partial charge in [0.05, 0.1) is 24.2 Å². The molecule has 1 aliphatic rings. The molecule has 0 N–H and O–H groups in total. The maximum absolute atomic E-state index is 5.49. The summed E-state index contributed by atoms with van der Waals surface area (Å²) in [6, 6.07) is 5.99. The predicted molar refractivity (Wildman–Crippen MR) is 113 cm³/mol. The number of rotatable bonds is 5. The van der Waals surface area contributed by atoms with E-state index in [9.17, 15) is 0 Å². The zero-order chi connectivity index (χ0) is 21.8. The van der Waals surface area contributed by atoms with Crippen molar-refractivity contribution in [1.29, 1.82) is 0 Å². The van der Waals surface area contributed by atoms with Crippen molar-refractivity contribution in [2.75, 3.05) is 14.2 Å². The highest BCUT2D eigenvalue weighted by Gasteiger charge is 2.31. The van der Waals surface area contributed by atoms with E-state index in [1.165, 1.54) is 0 Å². The molecule has 0 radical (unpaired) electrons. The van der Waals surface area contributed by atoms with Crippen LogP contribution in [0.1, 0.15) is 37.9 Å². The Morgan fingerprint density at radius 1 is 1.19 bits per heavy atom. The summed E-state index contributed by atoms with van der Waals surface area (Å²) in [5, 5.41) is 9.01. The summed E-state index contributed by atoms with van der Waals surface area (Å²) in [4.78, 5) is 9.23. The molecule has 0 spiro atoms. The molecule has 9 heteroatoms. The van der Waals surface area contributed by atoms with Crippen molar-refractivity contribution in [3.05, 3.63) is 47.9 Å². The highest BCUT2D eigenvalue weighted by atomic mass is 16.5. The van der Waals surface area contributed by atoms with Crippen molar-refractivity contribution < 1.29 is 14.0 Å². The molecule has 4 aromatic rings. The van der Waals surface area contributed by atoms with Crippen molar-refractivity contribution in [2.24, 2.45) is 0 Å². The fourth-order valence-corrected chi connectivity index (χ4v) is 3.79. The molecule has 0 amide bonds. The van der Waals surface area contributed by atoms with Gasteiger partial charge in [0.15, 0.2) is 0 Å². The first-order chi connectivity index (χ1) is 14.9. The maximum atomic E-state index is 5.49. The molecular weight excluding hydrogens is 396 g/mol. The minimum atomic E-state index is -0.680. The molecule has 0 saturated heterocycles. The van der Waals surface area contributed by atoms with Crippen molar-refractivity contribution in [3.63, 3.8) is 0 Å². The third-order valence-corrected chi connectivity index (χ3v) is 5.77. The van der Waals surface area contributed by atoms with Gasteiger partial charge >= 0.3 is 0 Å². The molecule has 4 heterocycles. The zero-order valence-electron chi connectivity index (χ0n) is 18.2. The predicted octanol–water partition coefficient (Wildman–Crippen LogP) is 3.60. The Morgan fingerprint density at radius 2 is 2.03 bits per heavy atom. The van der Waals surface area contributed by atoms with Crippen LogP contribution >= 0.6 is 0 Å². The van der Waals surface area contributed by atoms with Crippen LogP contribution in [0.15, 0.2) is 35.2 Å². The van der Waals surface area contributed by atoms with Gasteiger partial charge in [0.1, 0.15) is 23.4 Å². The summed E-state index contributed by atoms with van der Waals surface area (Å²) < 4.78 is 20.5. The van der Waals surface area contributed by atoms with Crippen LogP contribution < -0.4 is 4.74 Å². The van der Waals surface area contributed by atoms with Crippen LogP contribution in [0.2, 0.25) is 0 Å². The van der Waals surface area contributed by atoms with Crippen molar-refractivity contribution in [3.8, 4) is 34.2 Å². The zero-order valence-corrected chi connectivity index (χ0v) is 18.2. The second-order valence-electron chi connectivity index (χ2n) is 7.97. The van der Waals surface area contributed by atoms with Crippen LogP contribution in [-0.4, -0.2) is 43.7 Å². The first kappa shape index (κ1) is 19.5. The number of nitrogens with zero attached hydrogens (tertiary/aromatic N) is 6. The minimum absolute atomic E-state index is 0.407. The minimum Gasteiger partial charge on any atom is -0.497 e. The summed E-state index contributed by atoms with van der Waals surface area (Å²) in [5.74, 6) is 1.63. The van der Waals surface area contributed by atoms with E-state index in [2.05, 4.69) is 32.8 Å². The molecule has 0 unspecified atom stereocenters. The Balaban J connectivity index is 1.70. The molecule has 0 aliphatic carbocycles. The number of hydrogen-bond donors (Lipinski definition) is 0. The van der Waals surface area contributed by atoms with Gasteiger partial charge in [0.2, 0.25) is 5.82 Å². The topological polar surface area (TPSA) is 93.0 Å². The van der Waals surface area contributed by atoms with Crippen LogP contribution in [0.3, 0.4) is 0 Å². The molecule has 0 atom stereocenters. The van der Waals surface area contributed by atoms with Gasteiger partial charge in [0.25, 0.3) is 5.89 Å². The normalized spacial score (nSPS) is 12.8. The molecule has 31 heavy (non-hydrogen) atoms. The van der Waals surface area contributed by atoms with E-state index in [4.69, 9.17) is 19.1 Å². The van der Waals surface area contributed by atoms with Gasteiger partial charge in [-0.3, -0.25) is 4.68 Å². The van der Waals surface area contributed by atoms with Gasteiger partial charge in [-0.05, 0) is 39.0 Å². The standard InChI is InChI=1S/C22H24N6O3/c1-6-27-11-13-9-17-19(20-24-21(31-26-20)22(2,3)30-5)23-12-28(17)16-8-7-14(29-4)10-15(16)18(13)25-27/h7-8,10-12H,6,9H2,1-5H3. The van der Waals surface area contributed by atoms with Gasteiger partial charge in [-0.15, -0.1) is 0 Å². The largest absolute Gasteiger partial charge is 0.497 e. The SMILES string of the molecule is CCn1cc2c(n1)-c1cc(OC)ccc1-n1cnc(-c3noc(C(C)(C)OC)n3)c1C2. The number of fused-ring (bicyclic) bond motifs is 5. The fourth-order valence-electron chi connectivity index (χ4n) is 3.79. The van der Waals surface area contributed by atoms with Crippen LogP contribution in [0.4, 0.5) is 0 Å².